The highest BCUT2D eigenvalue weighted by Gasteiger charge is 2.24. The Hall–Kier alpha value is -3.06. The van der Waals surface area contributed by atoms with Crippen molar-refractivity contribution >= 4 is 28.3 Å². The van der Waals surface area contributed by atoms with Crippen LogP contribution in [0.2, 0.25) is 0 Å². The van der Waals surface area contributed by atoms with Gasteiger partial charge in [0.1, 0.15) is 0 Å². The molecule has 0 saturated heterocycles. The Labute approximate surface area is 173 Å². The lowest BCUT2D eigenvalue weighted by molar-refractivity contribution is 0.0932. The summed E-state index contributed by atoms with van der Waals surface area (Å²) < 4.78 is 1.65. The van der Waals surface area contributed by atoms with E-state index in [4.69, 9.17) is 0 Å². The summed E-state index contributed by atoms with van der Waals surface area (Å²) >= 11 is 1.63. The van der Waals surface area contributed by atoms with Crippen molar-refractivity contribution in [2.75, 3.05) is 0 Å². The van der Waals surface area contributed by atoms with Crippen molar-refractivity contribution < 1.29 is 4.79 Å². The number of carbonyl (C=O) groups excluding carboxylic acids is 1. The van der Waals surface area contributed by atoms with Gasteiger partial charge in [0.25, 0.3) is 5.91 Å². The van der Waals surface area contributed by atoms with Gasteiger partial charge in [-0.25, -0.2) is 9.97 Å². The second-order valence-corrected chi connectivity index (χ2v) is 8.43. The topological polar surface area (TPSA) is 72.7 Å². The van der Waals surface area contributed by atoms with Gasteiger partial charge in [0.05, 0.1) is 5.39 Å². The molecule has 4 aromatic rings. The zero-order valence-electron chi connectivity index (χ0n) is 16.7. The van der Waals surface area contributed by atoms with Crippen LogP contribution in [0.5, 0.6) is 0 Å². The summed E-state index contributed by atoms with van der Waals surface area (Å²) in [7, 11) is 0. The maximum Gasteiger partial charge on any atom is 0.272 e. The summed E-state index contributed by atoms with van der Waals surface area (Å²) in [6.07, 6.45) is 4.36. The van der Waals surface area contributed by atoms with Gasteiger partial charge < -0.3 is 5.32 Å². The maximum atomic E-state index is 13.2. The number of pyridine rings is 2. The fourth-order valence-electron chi connectivity index (χ4n) is 3.54. The van der Waals surface area contributed by atoms with Crippen LogP contribution in [0.3, 0.4) is 0 Å². The van der Waals surface area contributed by atoms with Crippen LogP contribution in [-0.4, -0.2) is 31.7 Å². The van der Waals surface area contributed by atoms with Gasteiger partial charge in [-0.2, -0.15) is 9.78 Å². The second kappa shape index (κ2) is 8.13. The number of hydrogen-bond acceptors (Lipinski definition) is 5. The molecule has 4 heterocycles. The first-order valence-corrected chi connectivity index (χ1v) is 10.6. The van der Waals surface area contributed by atoms with Gasteiger partial charge in [-0.1, -0.05) is 26.0 Å². The predicted octanol–water partition coefficient (Wildman–Crippen LogP) is 4.71. The Kier molecular flexibility index (Phi) is 5.40. The van der Waals surface area contributed by atoms with Crippen LogP contribution >= 0.6 is 11.3 Å². The lowest BCUT2D eigenvalue weighted by Crippen LogP contribution is -2.34. The van der Waals surface area contributed by atoms with Crippen molar-refractivity contribution in [3.8, 4) is 16.3 Å². The predicted molar refractivity (Wildman–Crippen MR) is 116 cm³/mol. The summed E-state index contributed by atoms with van der Waals surface area (Å²) in [5, 5.41) is 10.5. The molecule has 0 aliphatic heterocycles. The second-order valence-electron chi connectivity index (χ2n) is 7.49. The van der Waals surface area contributed by atoms with E-state index in [1.807, 2.05) is 48.7 Å². The van der Waals surface area contributed by atoms with Gasteiger partial charge in [0.15, 0.2) is 17.2 Å². The Morgan fingerprint density at radius 3 is 2.66 bits per heavy atom. The number of nitrogens with zero attached hydrogens (tertiary/aromatic N) is 4. The molecule has 0 saturated carbocycles. The molecule has 0 unspecified atom stereocenters. The van der Waals surface area contributed by atoms with Crippen molar-refractivity contribution in [1.82, 2.24) is 25.1 Å². The van der Waals surface area contributed by atoms with Crippen molar-refractivity contribution in [2.24, 2.45) is 5.92 Å². The third-order valence-corrected chi connectivity index (χ3v) is 5.54. The summed E-state index contributed by atoms with van der Waals surface area (Å²) in [6, 6.07) is 11.6. The van der Waals surface area contributed by atoms with E-state index in [0.717, 1.165) is 22.2 Å². The van der Waals surface area contributed by atoms with Gasteiger partial charge >= 0.3 is 0 Å². The molecule has 29 heavy (non-hydrogen) atoms. The molecule has 0 aliphatic carbocycles. The Morgan fingerprint density at radius 1 is 1.10 bits per heavy atom. The number of nitrogens with one attached hydrogen (secondary N) is 1. The van der Waals surface area contributed by atoms with E-state index in [0.29, 0.717) is 23.1 Å². The first-order valence-electron chi connectivity index (χ1n) is 9.68. The monoisotopic (exact) mass is 405 g/mol. The van der Waals surface area contributed by atoms with E-state index >= 15 is 0 Å². The first kappa shape index (κ1) is 19.3. The molecule has 0 aromatic carbocycles. The van der Waals surface area contributed by atoms with E-state index in [1.54, 1.807) is 28.4 Å². The minimum atomic E-state index is -0.191. The minimum Gasteiger partial charge on any atom is -0.348 e. The van der Waals surface area contributed by atoms with E-state index in [-0.39, 0.29) is 11.9 Å². The molecule has 148 valence electrons. The molecular weight excluding hydrogens is 382 g/mol. The molecule has 0 bridgehead atoms. The number of carbonyl (C=O) groups is 1. The minimum absolute atomic E-state index is 0.0550. The largest absolute Gasteiger partial charge is 0.348 e. The number of hydrogen-bond donors (Lipinski definition) is 1. The van der Waals surface area contributed by atoms with Crippen LogP contribution in [0.15, 0.2) is 54.2 Å². The van der Waals surface area contributed by atoms with E-state index < -0.39 is 0 Å². The fraction of sp³-hybridized carbons (Fsp3) is 0.273. The molecule has 1 N–H and O–H groups in total. The van der Waals surface area contributed by atoms with Crippen LogP contribution in [0.4, 0.5) is 0 Å². The average molecular weight is 406 g/mol. The first-order chi connectivity index (χ1) is 14.0. The molecule has 0 spiro atoms. The number of thiophene rings is 1. The zero-order chi connectivity index (χ0) is 20.4. The van der Waals surface area contributed by atoms with Crippen molar-refractivity contribution in [3.05, 3.63) is 59.9 Å². The Morgan fingerprint density at radius 2 is 1.97 bits per heavy atom. The van der Waals surface area contributed by atoms with Crippen molar-refractivity contribution in [3.63, 3.8) is 0 Å². The number of amides is 1. The molecule has 7 heteroatoms. The summed E-state index contributed by atoms with van der Waals surface area (Å²) in [5.74, 6) is 0.933. The van der Waals surface area contributed by atoms with Gasteiger partial charge in [-0.05, 0) is 48.9 Å². The van der Waals surface area contributed by atoms with Gasteiger partial charge in [-0.15, -0.1) is 11.3 Å². The third kappa shape index (κ3) is 3.91. The molecule has 0 fully saturated rings. The molecular formula is C22H23N5OS. The summed E-state index contributed by atoms with van der Waals surface area (Å²) in [5.41, 5.74) is 1.95. The molecule has 4 aromatic heterocycles. The quantitative estimate of drug-likeness (QED) is 0.504. The van der Waals surface area contributed by atoms with Crippen molar-refractivity contribution in [1.29, 1.82) is 0 Å². The zero-order valence-corrected chi connectivity index (χ0v) is 17.5. The molecule has 4 rings (SSSR count). The van der Waals surface area contributed by atoms with Gasteiger partial charge in [0, 0.05) is 28.9 Å². The van der Waals surface area contributed by atoms with E-state index in [9.17, 15) is 4.79 Å². The molecule has 1 amide bonds. The summed E-state index contributed by atoms with van der Waals surface area (Å²) in [4.78, 5) is 23.2. The summed E-state index contributed by atoms with van der Waals surface area (Å²) in [6.45, 7) is 6.31. The maximum absolute atomic E-state index is 13.2. The smallest absolute Gasteiger partial charge is 0.272 e. The Balaban J connectivity index is 1.87. The van der Waals surface area contributed by atoms with E-state index in [2.05, 4.69) is 34.2 Å². The van der Waals surface area contributed by atoms with Crippen LogP contribution in [0, 0.1) is 5.92 Å². The van der Waals surface area contributed by atoms with E-state index in [1.165, 1.54) is 0 Å². The highest BCUT2D eigenvalue weighted by atomic mass is 32.1. The lowest BCUT2D eigenvalue weighted by atomic mass is 10.0. The van der Waals surface area contributed by atoms with Crippen molar-refractivity contribution in [2.45, 2.75) is 33.2 Å². The normalized spacial score (nSPS) is 12.4. The molecule has 0 radical (unpaired) electrons. The molecule has 0 aliphatic rings. The highest BCUT2D eigenvalue weighted by Crippen LogP contribution is 2.33. The highest BCUT2D eigenvalue weighted by molar-refractivity contribution is 7.13. The Bertz CT molecular complexity index is 1120. The standard InChI is InChI=1S/C22H23N5OS/c1-14(2)13-15(3)25-22(28)20-19-16(17-7-6-12-29-17)9-11-24-21(19)27(26-20)18-8-4-5-10-23-18/h4-12,14-15H,13H2,1-3H3,(H,25,28)/t15-/m0/s1. The lowest BCUT2D eigenvalue weighted by Gasteiger charge is -2.15. The SMILES string of the molecule is CC(C)C[C@H](C)NC(=O)c1nn(-c2ccccn2)c2nccc(-c3cccs3)c12. The van der Waals surface area contributed by atoms with Crippen LogP contribution in [0.1, 0.15) is 37.7 Å². The van der Waals surface area contributed by atoms with Crippen LogP contribution in [-0.2, 0) is 0 Å². The average Bonchev–Trinajstić information content (AvgIpc) is 3.36. The van der Waals surface area contributed by atoms with Gasteiger partial charge in [0.2, 0.25) is 0 Å². The third-order valence-electron chi connectivity index (χ3n) is 4.64. The van der Waals surface area contributed by atoms with Crippen LogP contribution < -0.4 is 5.32 Å². The number of rotatable bonds is 6. The molecule has 6 nitrogen and oxygen atoms in total. The fourth-order valence-corrected chi connectivity index (χ4v) is 4.29. The van der Waals surface area contributed by atoms with Gasteiger partial charge in [-0.3, -0.25) is 4.79 Å². The number of aromatic nitrogens is 4. The van der Waals surface area contributed by atoms with Crippen LogP contribution in [0.25, 0.3) is 27.3 Å². The number of fused-ring (bicyclic) bond motifs is 1. The molecule has 1 atom stereocenters.